The van der Waals surface area contributed by atoms with Crippen molar-refractivity contribution in [1.29, 1.82) is 0 Å². The summed E-state index contributed by atoms with van der Waals surface area (Å²) in [5.41, 5.74) is 3.23. The summed E-state index contributed by atoms with van der Waals surface area (Å²) in [4.78, 5) is 24.1. The van der Waals surface area contributed by atoms with Crippen molar-refractivity contribution >= 4 is 11.7 Å². The summed E-state index contributed by atoms with van der Waals surface area (Å²) in [6.07, 6.45) is 8.11. The minimum Gasteiger partial charge on any atom is -0.352 e. The maximum Gasteiger partial charge on any atom is 0.270 e. The Bertz CT molecular complexity index is 812. The lowest BCUT2D eigenvalue weighted by atomic mass is 10.00. The quantitative estimate of drug-likeness (QED) is 0.842. The number of nitrogens with zero attached hydrogens (tertiary/aromatic N) is 3. The number of amides is 1. The van der Waals surface area contributed by atoms with Gasteiger partial charge in [0, 0.05) is 25.2 Å². The van der Waals surface area contributed by atoms with Crippen LogP contribution in [0.2, 0.25) is 0 Å². The van der Waals surface area contributed by atoms with Gasteiger partial charge in [-0.25, -0.2) is 9.97 Å². The van der Waals surface area contributed by atoms with Gasteiger partial charge in [-0.15, -0.1) is 0 Å². The number of fused-ring (bicyclic) bond motifs is 1. The van der Waals surface area contributed by atoms with Crippen LogP contribution in [0.25, 0.3) is 0 Å². The molecule has 0 radical (unpaired) electrons. The molecule has 1 N–H and O–H groups in total. The van der Waals surface area contributed by atoms with Gasteiger partial charge in [0.1, 0.15) is 17.3 Å². The Morgan fingerprint density at radius 3 is 2.59 bits per heavy atom. The highest BCUT2D eigenvalue weighted by Gasteiger charge is 2.21. The number of hydrogen-bond donors (Lipinski definition) is 1. The Labute approximate surface area is 161 Å². The average Bonchev–Trinajstić information content (AvgIpc) is 2.96. The summed E-state index contributed by atoms with van der Waals surface area (Å²) in [6, 6.07) is 10.7. The molecule has 2 heterocycles. The monoisotopic (exact) mass is 364 g/mol. The molecule has 1 amide bonds. The van der Waals surface area contributed by atoms with E-state index in [1.165, 1.54) is 36.8 Å². The Hall–Kier alpha value is -2.43. The number of nitrogens with one attached hydrogen (secondary N) is 1. The number of benzene rings is 1. The molecule has 2 aromatic rings. The van der Waals surface area contributed by atoms with Gasteiger partial charge in [0.2, 0.25) is 0 Å². The zero-order valence-corrected chi connectivity index (χ0v) is 16.1. The Kier molecular flexibility index (Phi) is 5.37. The third kappa shape index (κ3) is 4.29. The molecule has 0 bridgehead atoms. The van der Waals surface area contributed by atoms with Crippen molar-refractivity contribution in [3.63, 3.8) is 0 Å². The van der Waals surface area contributed by atoms with E-state index in [1.807, 2.05) is 13.0 Å². The maximum absolute atomic E-state index is 12.8. The molecule has 1 saturated carbocycles. The number of anilines is 1. The molecule has 5 heteroatoms. The van der Waals surface area contributed by atoms with Gasteiger partial charge in [0.05, 0.1) is 0 Å². The van der Waals surface area contributed by atoms with E-state index in [-0.39, 0.29) is 11.9 Å². The van der Waals surface area contributed by atoms with E-state index >= 15 is 0 Å². The molecule has 1 aromatic heterocycles. The van der Waals surface area contributed by atoms with Crippen LogP contribution >= 0.6 is 0 Å². The second kappa shape index (κ2) is 8.07. The van der Waals surface area contributed by atoms with Crippen LogP contribution in [-0.2, 0) is 13.0 Å². The van der Waals surface area contributed by atoms with Gasteiger partial charge < -0.3 is 10.2 Å². The van der Waals surface area contributed by atoms with Crippen LogP contribution in [0.5, 0.6) is 0 Å². The van der Waals surface area contributed by atoms with Crippen molar-refractivity contribution in [2.75, 3.05) is 11.4 Å². The maximum atomic E-state index is 12.8. The van der Waals surface area contributed by atoms with E-state index in [0.717, 1.165) is 38.2 Å². The topological polar surface area (TPSA) is 58.1 Å². The number of rotatable bonds is 3. The molecule has 0 unspecified atom stereocenters. The van der Waals surface area contributed by atoms with E-state index < -0.39 is 0 Å². The van der Waals surface area contributed by atoms with Gasteiger partial charge in [0.15, 0.2) is 0 Å². The predicted molar refractivity (Wildman–Crippen MR) is 107 cm³/mol. The van der Waals surface area contributed by atoms with Crippen LogP contribution in [0.4, 0.5) is 5.82 Å². The van der Waals surface area contributed by atoms with E-state index in [4.69, 9.17) is 0 Å². The summed E-state index contributed by atoms with van der Waals surface area (Å²) >= 11 is 0. The standard InChI is InChI=1S/C22H28N4O/c1-16-23-20(22(27)25-19-10-4-2-3-5-11-19)14-21(24-16)26-13-12-17-8-6-7-9-18(17)15-26/h6-9,14,19H,2-5,10-13,15H2,1H3,(H,25,27). The number of carbonyl (C=O) groups is 1. The van der Waals surface area contributed by atoms with E-state index in [9.17, 15) is 4.79 Å². The summed E-state index contributed by atoms with van der Waals surface area (Å²) in [5, 5.41) is 3.20. The van der Waals surface area contributed by atoms with Crippen molar-refractivity contribution in [1.82, 2.24) is 15.3 Å². The molecule has 142 valence electrons. The lowest BCUT2D eigenvalue weighted by Crippen LogP contribution is -2.36. The van der Waals surface area contributed by atoms with Gasteiger partial charge in [-0.3, -0.25) is 4.79 Å². The minimum atomic E-state index is -0.0638. The van der Waals surface area contributed by atoms with Crippen molar-refractivity contribution in [2.24, 2.45) is 0 Å². The minimum absolute atomic E-state index is 0.0638. The first-order chi connectivity index (χ1) is 13.2. The first-order valence-corrected chi connectivity index (χ1v) is 10.2. The van der Waals surface area contributed by atoms with Gasteiger partial charge in [-0.2, -0.15) is 0 Å². The van der Waals surface area contributed by atoms with E-state index in [0.29, 0.717) is 11.5 Å². The molecule has 0 saturated heterocycles. The number of carbonyl (C=O) groups excluding carboxylic acids is 1. The largest absolute Gasteiger partial charge is 0.352 e. The lowest BCUT2D eigenvalue weighted by Gasteiger charge is -2.30. The van der Waals surface area contributed by atoms with Crippen LogP contribution < -0.4 is 10.2 Å². The Morgan fingerprint density at radius 2 is 1.81 bits per heavy atom. The fraction of sp³-hybridized carbons (Fsp3) is 0.500. The van der Waals surface area contributed by atoms with Gasteiger partial charge in [-0.1, -0.05) is 49.9 Å². The van der Waals surface area contributed by atoms with E-state index in [1.54, 1.807) is 0 Å². The van der Waals surface area contributed by atoms with Crippen molar-refractivity contribution < 1.29 is 4.79 Å². The molecule has 0 spiro atoms. The van der Waals surface area contributed by atoms with E-state index in [2.05, 4.69) is 44.5 Å². The molecule has 1 aromatic carbocycles. The normalized spacial score (nSPS) is 17.9. The summed E-state index contributed by atoms with van der Waals surface area (Å²) in [5.74, 6) is 1.44. The Balaban J connectivity index is 1.50. The first-order valence-electron chi connectivity index (χ1n) is 10.2. The Morgan fingerprint density at radius 1 is 1.07 bits per heavy atom. The summed E-state index contributed by atoms with van der Waals surface area (Å²) in [7, 11) is 0. The highest BCUT2D eigenvalue weighted by Crippen LogP contribution is 2.24. The lowest BCUT2D eigenvalue weighted by molar-refractivity contribution is 0.0928. The van der Waals surface area contributed by atoms with Crippen molar-refractivity contribution in [2.45, 2.75) is 64.5 Å². The molecule has 27 heavy (non-hydrogen) atoms. The zero-order valence-electron chi connectivity index (χ0n) is 16.1. The fourth-order valence-corrected chi connectivity index (χ4v) is 4.20. The van der Waals surface area contributed by atoms with Gasteiger partial charge in [-0.05, 0) is 37.3 Å². The molecule has 1 aliphatic carbocycles. The zero-order chi connectivity index (χ0) is 18.6. The summed E-state index contributed by atoms with van der Waals surface area (Å²) < 4.78 is 0. The van der Waals surface area contributed by atoms with Gasteiger partial charge >= 0.3 is 0 Å². The molecule has 1 fully saturated rings. The van der Waals surface area contributed by atoms with Gasteiger partial charge in [0.25, 0.3) is 5.91 Å². The molecule has 2 aliphatic rings. The fourth-order valence-electron chi connectivity index (χ4n) is 4.20. The highest BCUT2D eigenvalue weighted by molar-refractivity contribution is 5.93. The third-order valence-corrected chi connectivity index (χ3v) is 5.70. The summed E-state index contributed by atoms with van der Waals surface area (Å²) in [6.45, 7) is 3.61. The number of aryl methyl sites for hydroxylation is 1. The molecular formula is C22H28N4O. The average molecular weight is 364 g/mol. The predicted octanol–water partition coefficient (Wildman–Crippen LogP) is 3.80. The molecule has 0 atom stereocenters. The number of aromatic nitrogens is 2. The highest BCUT2D eigenvalue weighted by atomic mass is 16.1. The second-order valence-electron chi connectivity index (χ2n) is 7.76. The first kappa shape index (κ1) is 18.0. The van der Waals surface area contributed by atoms with Crippen LogP contribution in [0, 0.1) is 6.92 Å². The van der Waals surface area contributed by atoms with Crippen LogP contribution in [0.3, 0.4) is 0 Å². The third-order valence-electron chi connectivity index (χ3n) is 5.70. The molecule has 5 nitrogen and oxygen atoms in total. The molecule has 4 rings (SSSR count). The van der Waals surface area contributed by atoms with Crippen molar-refractivity contribution in [3.8, 4) is 0 Å². The van der Waals surface area contributed by atoms with Crippen molar-refractivity contribution in [3.05, 3.63) is 53.0 Å². The smallest absolute Gasteiger partial charge is 0.270 e. The SMILES string of the molecule is Cc1nc(C(=O)NC2CCCCCC2)cc(N2CCc3ccccc3C2)n1. The van der Waals surface area contributed by atoms with Crippen LogP contribution in [0.15, 0.2) is 30.3 Å². The number of hydrogen-bond acceptors (Lipinski definition) is 4. The second-order valence-corrected chi connectivity index (χ2v) is 7.76. The van der Waals surface area contributed by atoms with Crippen LogP contribution in [0.1, 0.15) is 66.0 Å². The molecule has 1 aliphatic heterocycles. The molecular weight excluding hydrogens is 336 g/mol. The van der Waals surface area contributed by atoms with Crippen LogP contribution in [-0.4, -0.2) is 28.5 Å².